The second kappa shape index (κ2) is 3.04. The van der Waals surface area contributed by atoms with Gasteiger partial charge in [-0.1, -0.05) is 12.1 Å². The van der Waals surface area contributed by atoms with Crippen molar-refractivity contribution >= 4 is 15.9 Å². The number of aliphatic hydroxyl groups is 1. The van der Waals surface area contributed by atoms with Gasteiger partial charge in [0.1, 0.15) is 11.4 Å². The molecule has 0 radical (unpaired) electrons. The van der Waals surface area contributed by atoms with E-state index in [0.29, 0.717) is 10.0 Å². The molecule has 2 nitrogen and oxygen atoms in total. The summed E-state index contributed by atoms with van der Waals surface area (Å²) in [5.41, 5.74) is -0.832. The molecule has 0 amide bonds. The first-order valence-electron chi connectivity index (χ1n) is 3.88. The summed E-state index contributed by atoms with van der Waals surface area (Å²) in [6.45, 7) is 0.334. The SMILES string of the molecule is OC1(c2cccc(Br)c2F)COC1. The molecule has 1 saturated heterocycles. The molecule has 2 rings (SSSR count). The quantitative estimate of drug-likeness (QED) is 0.819. The predicted octanol–water partition coefficient (Wildman–Crippen LogP) is 1.81. The zero-order chi connectivity index (χ0) is 9.47. The molecule has 1 aromatic carbocycles. The van der Waals surface area contributed by atoms with Gasteiger partial charge in [-0.25, -0.2) is 4.39 Å². The molecule has 70 valence electrons. The van der Waals surface area contributed by atoms with Gasteiger partial charge in [0.2, 0.25) is 0 Å². The number of hydrogen-bond acceptors (Lipinski definition) is 2. The van der Waals surface area contributed by atoms with Gasteiger partial charge in [0.15, 0.2) is 0 Å². The van der Waals surface area contributed by atoms with Crippen molar-refractivity contribution in [2.24, 2.45) is 0 Å². The average Bonchev–Trinajstić information content (AvgIpc) is 2.06. The summed E-state index contributed by atoms with van der Waals surface area (Å²) < 4.78 is 18.7. The Morgan fingerprint density at radius 3 is 2.69 bits per heavy atom. The van der Waals surface area contributed by atoms with Crippen molar-refractivity contribution in [1.29, 1.82) is 0 Å². The van der Waals surface area contributed by atoms with E-state index >= 15 is 0 Å². The van der Waals surface area contributed by atoms with Gasteiger partial charge in [0.05, 0.1) is 17.7 Å². The lowest BCUT2D eigenvalue weighted by Crippen LogP contribution is -2.47. The van der Waals surface area contributed by atoms with Crippen LogP contribution < -0.4 is 0 Å². The summed E-state index contributed by atoms with van der Waals surface area (Å²) in [6, 6.07) is 4.86. The lowest BCUT2D eigenvalue weighted by molar-refractivity contribution is -0.186. The van der Waals surface area contributed by atoms with Gasteiger partial charge in [0.25, 0.3) is 0 Å². The van der Waals surface area contributed by atoms with Gasteiger partial charge < -0.3 is 9.84 Å². The van der Waals surface area contributed by atoms with Crippen molar-refractivity contribution in [1.82, 2.24) is 0 Å². The fourth-order valence-electron chi connectivity index (χ4n) is 1.31. The van der Waals surface area contributed by atoms with E-state index in [4.69, 9.17) is 4.74 Å². The smallest absolute Gasteiger partial charge is 0.143 e. The molecule has 1 fully saturated rings. The maximum Gasteiger partial charge on any atom is 0.143 e. The Labute approximate surface area is 83.5 Å². The summed E-state index contributed by atoms with van der Waals surface area (Å²) in [5.74, 6) is -0.409. The Balaban J connectivity index is 2.45. The molecule has 13 heavy (non-hydrogen) atoms. The molecule has 1 N–H and O–H groups in total. The van der Waals surface area contributed by atoms with E-state index in [0.717, 1.165) is 0 Å². The Morgan fingerprint density at radius 2 is 2.15 bits per heavy atom. The van der Waals surface area contributed by atoms with Crippen LogP contribution in [0.4, 0.5) is 4.39 Å². The highest BCUT2D eigenvalue weighted by atomic mass is 79.9. The van der Waals surface area contributed by atoms with Gasteiger partial charge in [0, 0.05) is 5.56 Å². The van der Waals surface area contributed by atoms with Crippen molar-refractivity contribution in [2.45, 2.75) is 5.60 Å². The molecule has 0 aliphatic carbocycles. The van der Waals surface area contributed by atoms with E-state index in [1.165, 1.54) is 0 Å². The molecular formula is C9H8BrFO2. The average molecular weight is 247 g/mol. The maximum absolute atomic E-state index is 13.5. The minimum atomic E-state index is -1.13. The number of benzene rings is 1. The second-order valence-corrected chi connectivity index (χ2v) is 3.98. The topological polar surface area (TPSA) is 29.5 Å². The number of halogens is 2. The summed E-state index contributed by atoms with van der Waals surface area (Å²) in [4.78, 5) is 0. The van der Waals surface area contributed by atoms with Crippen LogP contribution in [0.1, 0.15) is 5.56 Å². The summed E-state index contributed by atoms with van der Waals surface area (Å²) in [7, 11) is 0. The van der Waals surface area contributed by atoms with Crippen molar-refractivity contribution in [3.63, 3.8) is 0 Å². The van der Waals surface area contributed by atoms with E-state index in [2.05, 4.69) is 15.9 Å². The monoisotopic (exact) mass is 246 g/mol. The Morgan fingerprint density at radius 1 is 1.46 bits per heavy atom. The van der Waals surface area contributed by atoms with Crippen LogP contribution in [0.3, 0.4) is 0 Å². The van der Waals surface area contributed by atoms with Crippen LogP contribution in [0.5, 0.6) is 0 Å². The Bertz CT molecular complexity index is 336. The highest BCUT2D eigenvalue weighted by Gasteiger charge is 2.40. The first-order valence-corrected chi connectivity index (χ1v) is 4.67. The molecule has 1 aromatic rings. The third kappa shape index (κ3) is 1.39. The fourth-order valence-corrected chi connectivity index (χ4v) is 1.68. The highest BCUT2D eigenvalue weighted by molar-refractivity contribution is 9.10. The van der Waals surface area contributed by atoms with Crippen LogP contribution in [0.15, 0.2) is 22.7 Å². The molecule has 0 aromatic heterocycles. The van der Waals surface area contributed by atoms with Crippen molar-refractivity contribution in [3.8, 4) is 0 Å². The van der Waals surface area contributed by atoms with Gasteiger partial charge in [-0.3, -0.25) is 0 Å². The molecule has 0 saturated carbocycles. The first kappa shape index (κ1) is 9.12. The van der Waals surface area contributed by atoms with Crippen LogP contribution in [-0.2, 0) is 10.3 Å². The molecule has 0 unspecified atom stereocenters. The zero-order valence-electron chi connectivity index (χ0n) is 6.76. The molecule has 1 aliphatic heterocycles. The minimum Gasteiger partial charge on any atom is -0.380 e. The second-order valence-electron chi connectivity index (χ2n) is 3.13. The normalized spacial score (nSPS) is 19.6. The zero-order valence-corrected chi connectivity index (χ0v) is 8.34. The van der Waals surface area contributed by atoms with Crippen LogP contribution in [-0.4, -0.2) is 18.3 Å². The largest absolute Gasteiger partial charge is 0.380 e. The number of ether oxygens (including phenoxy) is 1. The van der Waals surface area contributed by atoms with Crippen LogP contribution >= 0.6 is 15.9 Å². The highest BCUT2D eigenvalue weighted by Crippen LogP contribution is 2.33. The molecule has 1 aliphatic rings. The molecule has 1 heterocycles. The third-order valence-corrected chi connectivity index (χ3v) is 2.75. The third-order valence-electron chi connectivity index (χ3n) is 2.13. The summed E-state index contributed by atoms with van der Waals surface area (Å²) >= 11 is 3.06. The van der Waals surface area contributed by atoms with Gasteiger partial charge in [-0.15, -0.1) is 0 Å². The first-order chi connectivity index (χ1) is 6.13. The van der Waals surface area contributed by atoms with Gasteiger partial charge in [-0.2, -0.15) is 0 Å². The molecule has 0 atom stereocenters. The van der Waals surface area contributed by atoms with E-state index in [1.807, 2.05) is 0 Å². The standard InChI is InChI=1S/C9H8BrFO2/c10-7-3-1-2-6(8(7)11)9(12)4-13-5-9/h1-3,12H,4-5H2. The fraction of sp³-hybridized carbons (Fsp3) is 0.333. The van der Waals surface area contributed by atoms with E-state index in [1.54, 1.807) is 18.2 Å². The molecular weight excluding hydrogens is 239 g/mol. The van der Waals surface area contributed by atoms with Crippen LogP contribution in [0, 0.1) is 5.82 Å². The van der Waals surface area contributed by atoms with Crippen LogP contribution in [0.2, 0.25) is 0 Å². The molecule has 4 heteroatoms. The van der Waals surface area contributed by atoms with Gasteiger partial charge >= 0.3 is 0 Å². The Hall–Kier alpha value is -0.450. The molecule has 0 bridgehead atoms. The van der Waals surface area contributed by atoms with Crippen molar-refractivity contribution in [3.05, 3.63) is 34.1 Å². The van der Waals surface area contributed by atoms with E-state index in [9.17, 15) is 9.50 Å². The Kier molecular flexibility index (Phi) is 2.14. The summed E-state index contributed by atoms with van der Waals surface area (Å²) in [6.07, 6.45) is 0. The lowest BCUT2D eigenvalue weighted by Gasteiger charge is -2.36. The van der Waals surface area contributed by atoms with Gasteiger partial charge in [-0.05, 0) is 22.0 Å². The predicted molar refractivity (Wildman–Crippen MR) is 48.8 cm³/mol. The van der Waals surface area contributed by atoms with E-state index in [-0.39, 0.29) is 13.2 Å². The van der Waals surface area contributed by atoms with E-state index < -0.39 is 11.4 Å². The number of rotatable bonds is 1. The van der Waals surface area contributed by atoms with Crippen molar-refractivity contribution < 1.29 is 14.2 Å². The minimum absolute atomic E-state index is 0.167. The maximum atomic E-state index is 13.5. The van der Waals surface area contributed by atoms with Crippen molar-refractivity contribution in [2.75, 3.05) is 13.2 Å². The summed E-state index contributed by atoms with van der Waals surface area (Å²) in [5, 5.41) is 9.80. The number of hydrogen-bond donors (Lipinski definition) is 1. The molecule has 0 spiro atoms. The lowest BCUT2D eigenvalue weighted by atomic mass is 9.92. The van der Waals surface area contributed by atoms with Crippen LogP contribution in [0.25, 0.3) is 0 Å².